The van der Waals surface area contributed by atoms with E-state index in [1.165, 1.54) is 0 Å². The van der Waals surface area contributed by atoms with Gasteiger partial charge in [0.05, 0.1) is 12.5 Å². The molecule has 14 heavy (non-hydrogen) atoms. The highest BCUT2D eigenvalue weighted by Gasteiger charge is 2.21. The van der Waals surface area contributed by atoms with Crippen LogP contribution in [0.15, 0.2) is 0 Å². The number of hydrogen-bond acceptors (Lipinski definition) is 3. The molecule has 0 heterocycles. The van der Waals surface area contributed by atoms with Crippen LogP contribution in [0.2, 0.25) is 0 Å². The number of carbonyl (C=O) groups excluding carboxylic acids is 2. The van der Waals surface area contributed by atoms with Crippen LogP contribution in [0.3, 0.4) is 0 Å². The first-order valence-corrected chi connectivity index (χ1v) is 4.95. The highest BCUT2D eigenvalue weighted by molar-refractivity contribution is 5.84. The number of Topliss-reactive ketones (excluding diaryl/α,β-unsaturated/α-hetero) is 1. The maximum Gasteiger partial charge on any atom is 0.308 e. The smallest absolute Gasteiger partial charge is 0.308 e. The van der Waals surface area contributed by atoms with Gasteiger partial charge in [0.25, 0.3) is 0 Å². The van der Waals surface area contributed by atoms with Crippen molar-refractivity contribution in [3.8, 4) is 0 Å². The van der Waals surface area contributed by atoms with Crippen molar-refractivity contribution in [2.24, 2.45) is 11.3 Å². The summed E-state index contributed by atoms with van der Waals surface area (Å²) < 4.78 is 4.91. The molecule has 0 aliphatic carbocycles. The van der Waals surface area contributed by atoms with Gasteiger partial charge in [0, 0.05) is 11.8 Å². The Morgan fingerprint density at radius 3 is 2.07 bits per heavy atom. The summed E-state index contributed by atoms with van der Waals surface area (Å²) in [6.07, 6.45) is 0.307. The molecule has 3 nitrogen and oxygen atoms in total. The fourth-order valence-electron chi connectivity index (χ4n) is 0.786. The number of ether oxygens (including phenoxy) is 1. The summed E-state index contributed by atoms with van der Waals surface area (Å²) in [7, 11) is 0. The van der Waals surface area contributed by atoms with Gasteiger partial charge in [0.1, 0.15) is 5.78 Å². The lowest BCUT2D eigenvalue weighted by Gasteiger charge is -2.16. The molecular formula is C11H20O3. The molecule has 0 saturated heterocycles. The van der Waals surface area contributed by atoms with E-state index in [0.29, 0.717) is 6.42 Å². The van der Waals surface area contributed by atoms with E-state index < -0.39 is 0 Å². The Morgan fingerprint density at radius 1 is 1.21 bits per heavy atom. The second-order valence-corrected chi connectivity index (χ2v) is 4.75. The second kappa shape index (κ2) is 5.13. The molecule has 3 heteroatoms. The third-order valence-corrected chi connectivity index (χ3v) is 1.88. The van der Waals surface area contributed by atoms with Crippen LogP contribution in [-0.4, -0.2) is 18.4 Å². The number of hydrogen-bond donors (Lipinski definition) is 0. The number of ketones is 1. The van der Waals surface area contributed by atoms with Gasteiger partial charge in [-0.1, -0.05) is 34.6 Å². The number of rotatable bonds is 4. The van der Waals surface area contributed by atoms with E-state index in [1.807, 2.05) is 20.8 Å². The van der Waals surface area contributed by atoms with Crippen molar-refractivity contribution in [3.05, 3.63) is 0 Å². The average Bonchev–Trinajstić information content (AvgIpc) is 2.01. The lowest BCUT2D eigenvalue weighted by Crippen LogP contribution is -2.23. The molecule has 0 bridgehead atoms. The molecule has 0 aliphatic heterocycles. The summed E-state index contributed by atoms with van der Waals surface area (Å²) in [6.45, 7) is 9.33. The van der Waals surface area contributed by atoms with Gasteiger partial charge < -0.3 is 4.74 Å². The van der Waals surface area contributed by atoms with Gasteiger partial charge in [0.15, 0.2) is 0 Å². The molecule has 0 spiro atoms. The molecule has 0 aromatic rings. The zero-order chi connectivity index (χ0) is 11.4. The molecule has 0 atom stereocenters. The Labute approximate surface area is 85.8 Å². The van der Waals surface area contributed by atoms with Crippen LogP contribution >= 0.6 is 0 Å². The van der Waals surface area contributed by atoms with Gasteiger partial charge in [0.2, 0.25) is 0 Å². The van der Waals surface area contributed by atoms with Crippen molar-refractivity contribution in [1.82, 2.24) is 0 Å². The van der Waals surface area contributed by atoms with Crippen molar-refractivity contribution in [1.29, 1.82) is 0 Å². The first-order chi connectivity index (χ1) is 6.25. The van der Waals surface area contributed by atoms with Crippen molar-refractivity contribution >= 4 is 11.8 Å². The second-order valence-electron chi connectivity index (χ2n) is 4.75. The first kappa shape index (κ1) is 13.1. The summed E-state index contributed by atoms with van der Waals surface area (Å²) in [5.41, 5.74) is -0.343. The lowest BCUT2D eigenvalue weighted by molar-refractivity contribution is -0.148. The maximum atomic E-state index is 11.4. The van der Waals surface area contributed by atoms with E-state index in [-0.39, 0.29) is 29.7 Å². The molecule has 0 radical (unpaired) electrons. The van der Waals surface area contributed by atoms with Crippen LogP contribution in [0.5, 0.6) is 0 Å². The molecule has 0 saturated carbocycles. The molecule has 0 aliphatic rings. The summed E-state index contributed by atoms with van der Waals surface area (Å²) in [5, 5.41) is 0. The third kappa shape index (κ3) is 5.00. The van der Waals surface area contributed by atoms with Crippen LogP contribution in [-0.2, 0) is 14.3 Å². The molecule has 0 amide bonds. The Morgan fingerprint density at radius 2 is 1.71 bits per heavy atom. The van der Waals surface area contributed by atoms with Crippen LogP contribution in [0.25, 0.3) is 0 Å². The quantitative estimate of drug-likeness (QED) is 0.653. The molecular weight excluding hydrogens is 180 g/mol. The van der Waals surface area contributed by atoms with Crippen LogP contribution in [0, 0.1) is 11.3 Å². The summed E-state index contributed by atoms with van der Waals surface area (Å²) >= 11 is 0. The zero-order valence-electron chi connectivity index (χ0n) is 9.72. The predicted molar refractivity (Wildman–Crippen MR) is 54.9 cm³/mol. The molecule has 0 aromatic carbocycles. The molecule has 82 valence electrons. The minimum absolute atomic E-state index is 0.119. The Bertz CT molecular complexity index is 211. The highest BCUT2D eigenvalue weighted by Crippen LogP contribution is 2.16. The predicted octanol–water partition coefficient (Wildman–Crippen LogP) is 2.19. The van der Waals surface area contributed by atoms with Gasteiger partial charge in [-0.3, -0.25) is 9.59 Å². The highest BCUT2D eigenvalue weighted by atomic mass is 16.5. The van der Waals surface area contributed by atoms with Gasteiger partial charge in [-0.2, -0.15) is 0 Å². The molecule has 0 aromatic heterocycles. The van der Waals surface area contributed by atoms with E-state index in [9.17, 15) is 9.59 Å². The summed E-state index contributed by atoms with van der Waals surface area (Å²) in [5.74, 6) is -0.250. The van der Waals surface area contributed by atoms with Crippen molar-refractivity contribution < 1.29 is 14.3 Å². The Kier molecular flexibility index (Phi) is 4.81. The van der Waals surface area contributed by atoms with Gasteiger partial charge >= 0.3 is 5.97 Å². The van der Waals surface area contributed by atoms with E-state index in [4.69, 9.17) is 4.74 Å². The van der Waals surface area contributed by atoms with Crippen LogP contribution in [0.1, 0.15) is 41.0 Å². The molecule has 0 rings (SSSR count). The fourth-order valence-corrected chi connectivity index (χ4v) is 0.786. The minimum atomic E-state index is -0.343. The van der Waals surface area contributed by atoms with E-state index >= 15 is 0 Å². The van der Waals surface area contributed by atoms with Crippen molar-refractivity contribution in [2.45, 2.75) is 41.0 Å². The average molecular weight is 200 g/mol. The zero-order valence-corrected chi connectivity index (χ0v) is 9.72. The molecule has 0 N–H and O–H groups in total. The standard InChI is InChI=1S/C11H20O3/c1-8(2)10(13)14-7-6-9(12)11(3,4)5/h8H,6-7H2,1-5H3. The Hall–Kier alpha value is -0.860. The third-order valence-electron chi connectivity index (χ3n) is 1.88. The van der Waals surface area contributed by atoms with Gasteiger partial charge in [-0.15, -0.1) is 0 Å². The van der Waals surface area contributed by atoms with Crippen LogP contribution in [0.4, 0.5) is 0 Å². The van der Waals surface area contributed by atoms with E-state index in [0.717, 1.165) is 0 Å². The first-order valence-electron chi connectivity index (χ1n) is 4.95. The largest absolute Gasteiger partial charge is 0.465 e. The monoisotopic (exact) mass is 200 g/mol. The number of esters is 1. The maximum absolute atomic E-state index is 11.4. The lowest BCUT2D eigenvalue weighted by atomic mass is 9.89. The van der Waals surface area contributed by atoms with Crippen molar-refractivity contribution in [2.75, 3.05) is 6.61 Å². The number of carbonyl (C=O) groups is 2. The van der Waals surface area contributed by atoms with Crippen molar-refractivity contribution in [3.63, 3.8) is 0 Å². The van der Waals surface area contributed by atoms with Gasteiger partial charge in [-0.25, -0.2) is 0 Å². The minimum Gasteiger partial charge on any atom is -0.465 e. The summed E-state index contributed by atoms with van der Waals surface area (Å²) in [6, 6.07) is 0. The topological polar surface area (TPSA) is 43.4 Å². The van der Waals surface area contributed by atoms with Gasteiger partial charge in [-0.05, 0) is 0 Å². The Balaban J connectivity index is 3.76. The molecule has 0 fully saturated rings. The van der Waals surface area contributed by atoms with Crippen LogP contribution < -0.4 is 0 Å². The van der Waals surface area contributed by atoms with E-state index in [1.54, 1.807) is 13.8 Å². The molecule has 0 unspecified atom stereocenters. The summed E-state index contributed by atoms with van der Waals surface area (Å²) in [4.78, 5) is 22.5. The normalized spacial score (nSPS) is 11.6. The SMILES string of the molecule is CC(C)C(=O)OCCC(=O)C(C)(C)C. The van der Waals surface area contributed by atoms with E-state index in [2.05, 4.69) is 0 Å². The fraction of sp³-hybridized carbons (Fsp3) is 0.818.